The normalized spacial score (nSPS) is 23.4. The highest BCUT2D eigenvalue weighted by Gasteiger charge is 2.28. The van der Waals surface area contributed by atoms with Crippen LogP contribution in [0.5, 0.6) is 0 Å². The molecule has 0 saturated carbocycles. The van der Waals surface area contributed by atoms with Gasteiger partial charge in [-0.1, -0.05) is 24.3 Å². The fraction of sp³-hybridized carbons (Fsp3) is 0.500. The molecule has 1 fully saturated rings. The third kappa shape index (κ3) is 2.62. The van der Waals surface area contributed by atoms with Crippen molar-refractivity contribution >= 4 is 9.84 Å². The van der Waals surface area contributed by atoms with Crippen LogP contribution in [-0.2, 0) is 16.3 Å². The molecule has 2 N–H and O–H groups in total. The van der Waals surface area contributed by atoms with Gasteiger partial charge in [-0.2, -0.15) is 0 Å². The first kappa shape index (κ1) is 11.6. The standard InChI is InChI=1S/C12H17NO2S/c13-6-4-10-2-1-3-11(8-10)12-5-7-16(14,15)9-12/h1-3,8,12H,4-7,9,13H2. The van der Waals surface area contributed by atoms with E-state index in [-0.39, 0.29) is 5.92 Å². The zero-order chi connectivity index (χ0) is 11.6. The fourth-order valence-electron chi connectivity index (χ4n) is 2.23. The molecule has 88 valence electrons. The maximum atomic E-state index is 11.4. The maximum Gasteiger partial charge on any atom is 0.150 e. The molecule has 1 saturated heterocycles. The second-order valence-corrected chi connectivity index (χ2v) is 6.61. The first-order valence-corrected chi connectivity index (χ1v) is 7.42. The number of rotatable bonds is 3. The van der Waals surface area contributed by atoms with Gasteiger partial charge in [-0.15, -0.1) is 0 Å². The number of sulfone groups is 1. The summed E-state index contributed by atoms with van der Waals surface area (Å²) in [6, 6.07) is 8.15. The largest absolute Gasteiger partial charge is 0.330 e. The average Bonchev–Trinajstić information content (AvgIpc) is 2.60. The molecule has 1 aliphatic heterocycles. The van der Waals surface area contributed by atoms with Gasteiger partial charge in [-0.25, -0.2) is 8.42 Å². The molecule has 1 aliphatic rings. The van der Waals surface area contributed by atoms with Crippen LogP contribution >= 0.6 is 0 Å². The van der Waals surface area contributed by atoms with Gasteiger partial charge < -0.3 is 5.73 Å². The first-order chi connectivity index (χ1) is 7.61. The second kappa shape index (κ2) is 4.55. The van der Waals surface area contributed by atoms with E-state index in [1.54, 1.807) is 0 Å². The van der Waals surface area contributed by atoms with Gasteiger partial charge >= 0.3 is 0 Å². The van der Waals surface area contributed by atoms with Crippen molar-refractivity contribution < 1.29 is 8.42 Å². The number of hydrogen-bond donors (Lipinski definition) is 1. The summed E-state index contributed by atoms with van der Waals surface area (Å²) in [6.07, 6.45) is 1.61. The Morgan fingerprint density at radius 3 is 2.81 bits per heavy atom. The third-order valence-electron chi connectivity index (χ3n) is 3.09. The van der Waals surface area contributed by atoms with Gasteiger partial charge in [0, 0.05) is 0 Å². The van der Waals surface area contributed by atoms with Crippen LogP contribution < -0.4 is 5.73 Å². The molecule has 0 spiro atoms. The summed E-state index contributed by atoms with van der Waals surface area (Å²) >= 11 is 0. The lowest BCUT2D eigenvalue weighted by molar-refractivity contribution is 0.601. The van der Waals surface area contributed by atoms with E-state index in [9.17, 15) is 8.42 Å². The van der Waals surface area contributed by atoms with Crippen LogP contribution in [0.15, 0.2) is 24.3 Å². The van der Waals surface area contributed by atoms with E-state index in [1.165, 1.54) is 5.56 Å². The van der Waals surface area contributed by atoms with E-state index >= 15 is 0 Å². The Bertz CT molecular complexity index is 468. The molecule has 1 aromatic rings. The Hall–Kier alpha value is -0.870. The van der Waals surface area contributed by atoms with Crippen molar-refractivity contribution in [3.63, 3.8) is 0 Å². The van der Waals surface area contributed by atoms with E-state index < -0.39 is 9.84 Å². The second-order valence-electron chi connectivity index (χ2n) is 4.38. The van der Waals surface area contributed by atoms with Crippen LogP contribution in [0.1, 0.15) is 23.5 Å². The van der Waals surface area contributed by atoms with Crippen molar-refractivity contribution in [3.8, 4) is 0 Å². The molecule has 1 unspecified atom stereocenters. The molecule has 0 aromatic heterocycles. The minimum atomic E-state index is -2.79. The molecule has 0 bridgehead atoms. The van der Waals surface area contributed by atoms with Crippen LogP contribution in [-0.4, -0.2) is 26.5 Å². The summed E-state index contributed by atoms with van der Waals surface area (Å²) in [5, 5.41) is 0. The monoisotopic (exact) mass is 239 g/mol. The molecule has 0 aliphatic carbocycles. The highest BCUT2D eigenvalue weighted by Crippen LogP contribution is 2.29. The fourth-order valence-corrected chi connectivity index (χ4v) is 4.01. The van der Waals surface area contributed by atoms with E-state index in [0.29, 0.717) is 18.1 Å². The SMILES string of the molecule is NCCc1cccc(C2CCS(=O)(=O)C2)c1. The van der Waals surface area contributed by atoms with Crippen LogP contribution in [0.3, 0.4) is 0 Å². The minimum absolute atomic E-state index is 0.183. The highest BCUT2D eigenvalue weighted by atomic mass is 32.2. The number of nitrogens with two attached hydrogens (primary N) is 1. The third-order valence-corrected chi connectivity index (χ3v) is 4.86. The summed E-state index contributed by atoms with van der Waals surface area (Å²) in [6.45, 7) is 0.631. The zero-order valence-corrected chi connectivity index (χ0v) is 10.0. The lowest BCUT2D eigenvalue weighted by Gasteiger charge is -2.09. The Balaban J connectivity index is 2.18. The topological polar surface area (TPSA) is 60.2 Å². The summed E-state index contributed by atoms with van der Waals surface area (Å²) in [5.41, 5.74) is 7.86. The lowest BCUT2D eigenvalue weighted by Crippen LogP contribution is -2.06. The molecular weight excluding hydrogens is 222 g/mol. The number of benzene rings is 1. The summed E-state index contributed by atoms with van der Waals surface area (Å²) < 4.78 is 22.8. The van der Waals surface area contributed by atoms with Gasteiger partial charge in [0.05, 0.1) is 11.5 Å². The lowest BCUT2D eigenvalue weighted by atomic mass is 9.96. The van der Waals surface area contributed by atoms with Crippen molar-refractivity contribution in [2.45, 2.75) is 18.8 Å². The molecule has 1 aromatic carbocycles. The molecule has 2 rings (SSSR count). The minimum Gasteiger partial charge on any atom is -0.330 e. The Morgan fingerprint density at radius 1 is 1.38 bits per heavy atom. The van der Waals surface area contributed by atoms with Crippen LogP contribution in [0.4, 0.5) is 0 Å². The van der Waals surface area contributed by atoms with Crippen molar-refractivity contribution in [2.75, 3.05) is 18.1 Å². The predicted octanol–water partition coefficient (Wildman–Crippen LogP) is 1.09. The average molecular weight is 239 g/mol. The Morgan fingerprint density at radius 2 is 2.19 bits per heavy atom. The molecule has 0 amide bonds. The highest BCUT2D eigenvalue weighted by molar-refractivity contribution is 7.91. The molecule has 3 nitrogen and oxygen atoms in total. The maximum absolute atomic E-state index is 11.4. The van der Waals surface area contributed by atoms with Crippen molar-refractivity contribution in [2.24, 2.45) is 5.73 Å². The summed E-state index contributed by atoms with van der Waals surface area (Å²) in [5.74, 6) is 0.820. The van der Waals surface area contributed by atoms with Gasteiger partial charge in [-0.3, -0.25) is 0 Å². The van der Waals surface area contributed by atoms with Gasteiger partial charge in [0.2, 0.25) is 0 Å². The first-order valence-electron chi connectivity index (χ1n) is 5.60. The Kier molecular flexibility index (Phi) is 3.30. The van der Waals surface area contributed by atoms with Crippen LogP contribution in [0, 0.1) is 0 Å². The molecule has 16 heavy (non-hydrogen) atoms. The molecule has 0 radical (unpaired) electrons. The van der Waals surface area contributed by atoms with E-state index in [2.05, 4.69) is 6.07 Å². The molecule has 1 atom stereocenters. The van der Waals surface area contributed by atoms with Gasteiger partial charge in [0.15, 0.2) is 9.84 Å². The van der Waals surface area contributed by atoms with Crippen LogP contribution in [0.25, 0.3) is 0 Å². The molecular formula is C12H17NO2S. The quantitative estimate of drug-likeness (QED) is 0.859. The van der Waals surface area contributed by atoms with E-state index in [1.807, 2.05) is 18.2 Å². The molecule has 4 heteroatoms. The summed E-state index contributed by atoms with van der Waals surface area (Å²) in [4.78, 5) is 0. The zero-order valence-electron chi connectivity index (χ0n) is 9.22. The smallest absolute Gasteiger partial charge is 0.150 e. The predicted molar refractivity (Wildman–Crippen MR) is 65.2 cm³/mol. The summed E-state index contributed by atoms with van der Waals surface area (Å²) in [7, 11) is -2.79. The van der Waals surface area contributed by atoms with Crippen LogP contribution in [0.2, 0.25) is 0 Å². The van der Waals surface area contributed by atoms with Crippen molar-refractivity contribution in [3.05, 3.63) is 35.4 Å². The van der Waals surface area contributed by atoms with Gasteiger partial charge in [0.25, 0.3) is 0 Å². The molecule has 1 heterocycles. The van der Waals surface area contributed by atoms with Crippen molar-refractivity contribution in [1.82, 2.24) is 0 Å². The van der Waals surface area contributed by atoms with Gasteiger partial charge in [-0.05, 0) is 36.4 Å². The van der Waals surface area contributed by atoms with Gasteiger partial charge in [0.1, 0.15) is 0 Å². The number of hydrogen-bond acceptors (Lipinski definition) is 3. The Labute approximate surface area is 96.6 Å². The van der Waals surface area contributed by atoms with Crippen molar-refractivity contribution in [1.29, 1.82) is 0 Å². The van der Waals surface area contributed by atoms with E-state index in [4.69, 9.17) is 5.73 Å². The van der Waals surface area contributed by atoms with E-state index in [0.717, 1.165) is 18.4 Å².